The Kier molecular flexibility index (Phi) is 5.97. The van der Waals surface area contributed by atoms with Gasteiger partial charge in [-0.05, 0) is 42.7 Å². The van der Waals surface area contributed by atoms with Gasteiger partial charge in [0.15, 0.2) is 0 Å². The maximum Gasteiger partial charge on any atom is 0.251 e. The molecule has 8 nitrogen and oxygen atoms in total. The number of H-pyrrole nitrogens is 1. The summed E-state index contributed by atoms with van der Waals surface area (Å²) in [6.45, 7) is 0.629. The summed E-state index contributed by atoms with van der Waals surface area (Å²) in [6.07, 6.45) is 3.49. The van der Waals surface area contributed by atoms with Crippen LogP contribution in [0.4, 0.5) is 0 Å². The molecule has 8 heteroatoms. The van der Waals surface area contributed by atoms with Crippen LogP contribution in [0.2, 0.25) is 0 Å². The number of rotatable bonds is 6. The summed E-state index contributed by atoms with van der Waals surface area (Å²) in [5, 5.41) is 0. The van der Waals surface area contributed by atoms with E-state index in [2.05, 4.69) is 15.0 Å². The van der Waals surface area contributed by atoms with Crippen LogP contribution in [-0.2, 0) is 11.2 Å². The number of likely N-dealkylation sites (tertiary alicyclic amines) is 1. The second kappa shape index (κ2) is 8.99. The lowest BCUT2D eigenvalue weighted by Crippen LogP contribution is -2.33. The van der Waals surface area contributed by atoms with Crippen molar-refractivity contribution in [3.63, 3.8) is 0 Å². The van der Waals surface area contributed by atoms with E-state index in [0.717, 1.165) is 24.2 Å². The van der Waals surface area contributed by atoms with Gasteiger partial charge in [0.25, 0.3) is 5.56 Å². The van der Waals surface area contributed by atoms with Crippen LogP contribution >= 0.6 is 0 Å². The maximum atomic E-state index is 13.0. The molecule has 4 rings (SSSR count). The number of ether oxygens (including phenoxy) is 2. The van der Waals surface area contributed by atoms with Crippen molar-refractivity contribution >= 4 is 5.91 Å². The molecule has 31 heavy (non-hydrogen) atoms. The number of hydrogen-bond donors (Lipinski definition) is 1. The van der Waals surface area contributed by atoms with Gasteiger partial charge in [-0.3, -0.25) is 9.59 Å². The fourth-order valence-electron chi connectivity index (χ4n) is 3.89. The minimum atomic E-state index is -0.277. The average Bonchev–Trinajstić information content (AvgIpc) is 3.29. The number of pyridine rings is 1. The topological polar surface area (TPSA) is 97.4 Å². The number of aromatic amines is 1. The predicted octanol–water partition coefficient (Wildman–Crippen LogP) is 2.76. The number of nitrogens with zero attached hydrogens (tertiary/aromatic N) is 3. The van der Waals surface area contributed by atoms with Crippen LogP contribution in [0.5, 0.6) is 11.6 Å². The first-order valence-electron chi connectivity index (χ1n) is 10.1. The number of hydrogen-bond acceptors (Lipinski definition) is 6. The molecule has 0 radical (unpaired) electrons. The van der Waals surface area contributed by atoms with E-state index in [1.54, 1.807) is 30.3 Å². The van der Waals surface area contributed by atoms with E-state index in [-0.39, 0.29) is 23.9 Å². The second-order valence-electron chi connectivity index (χ2n) is 7.35. The summed E-state index contributed by atoms with van der Waals surface area (Å²) < 4.78 is 10.5. The fraction of sp³-hybridized carbons (Fsp3) is 0.304. The number of nitrogens with one attached hydrogen (secondary N) is 1. The van der Waals surface area contributed by atoms with Gasteiger partial charge < -0.3 is 19.4 Å². The SMILES string of the molecule is COc1ccc(CC(=O)N2CCC[C@H]2c2nc(-c3cccnc3OC)cc(=O)[nH]2)cc1. The largest absolute Gasteiger partial charge is 0.497 e. The lowest BCUT2D eigenvalue weighted by molar-refractivity contribution is -0.131. The van der Waals surface area contributed by atoms with Crippen molar-refractivity contribution in [1.82, 2.24) is 19.9 Å². The van der Waals surface area contributed by atoms with Crippen molar-refractivity contribution in [3.05, 3.63) is 70.4 Å². The molecule has 3 heterocycles. The summed E-state index contributed by atoms with van der Waals surface area (Å²) in [7, 11) is 3.13. The maximum absolute atomic E-state index is 13.0. The van der Waals surface area contributed by atoms with E-state index in [1.165, 1.54) is 13.2 Å². The van der Waals surface area contributed by atoms with E-state index < -0.39 is 0 Å². The van der Waals surface area contributed by atoms with Gasteiger partial charge in [0.2, 0.25) is 11.8 Å². The standard InChI is InChI=1S/C23H24N4O4/c1-30-16-9-7-15(8-10-16)13-21(29)27-12-4-6-19(27)22-25-18(14-20(28)26-22)17-5-3-11-24-23(17)31-2/h3,5,7-11,14,19H,4,6,12-13H2,1-2H3,(H,25,26,28)/t19-/m0/s1. The minimum Gasteiger partial charge on any atom is -0.497 e. The highest BCUT2D eigenvalue weighted by molar-refractivity contribution is 5.79. The van der Waals surface area contributed by atoms with Crippen LogP contribution in [0.3, 0.4) is 0 Å². The van der Waals surface area contributed by atoms with Gasteiger partial charge in [0.1, 0.15) is 11.6 Å². The lowest BCUT2D eigenvalue weighted by atomic mass is 10.1. The fourth-order valence-corrected chi connectivity index (χ4v) is 3.89. The first-order valence-corrected chi connectivity index (χ1v) is 10.1. The zero-order chi connectivity index (χ0) is 21.8. The van der Waals surface area contributed by atoms with Gasteiger partial charge in [-0.15, -0.1) is 0 Å². The summed E-state index contributed by atoms with van der Waals surface area (Å²) in [4.78, 5) is 38.9. The average molecular weight is 420 g/mol. The molecule has 1 aliphatic heterocycles. The molecular weight excluding hydrogens is 396 g/mol. The summed E-state index contributed by atoms with van der Waals surface area (Å²) in [5.74, 6) is 1.62. The van der Waals surface area contributed by atoms with Crippen molar-refractivity contribution in [1.29, 1.82) is 0 Å². The van der Waals surface area contributed by atoms with Gasteiger partial charge in [-0.1, -0.05) is 12.1 Å². The Morgan fingerprint density at radius 2 is 2.00 bits per heavy atom. The zero-order valence-corrected chi connectivity index (χ0v) is 17.5. The smallest absolute Gasteiger partial charge is 0.251 e. The Hall–Kier alpha value is -3.68. The monoisotopic (exact) mass is 420 g/mol. The van der Waals surface area contributed by atoms with Crippen LogP contribution in [0.15, 0.2) is 53.5 Å². The number of benzene rings is 1. The van der Waals surface area contributed by atoms with E-state index in [9.17, 15) is 9.59 Å². The Labute approximate surface area is 179 Å². The third kappa shape index (κ3) is 4.42. The molecule has 0 unspecified atom stereocenters. The molecule has 1 atom stereocenters. The van der Waals surface area contributed by atoms with Crippen molar-refractivity contribution in [2.75, 3.05) is 20.8 Å². The van der Waals surface area contributed by atoms with Gasteiger partial charge in [0.05, 0.1) is 37.9 Å². The molecule has 0 bridgehead atoms. The van der Waals surface area contributed by atoms with Gasteiger partial charge >= 0.3 is 0 Å². The first kappa shape index (κ1) is 20.6. The molecule has 1 amide bonds. The Morgan fingerprint density at radius 1 is 1.19 bits per heavy atom. The van der Waals surface area contributed by atoms with E-state index in [0.29, 0.717) is 29.5 Å². The number of carbonyl (C=O) groups excluding carboxylic acids is 1. The number of methoxy groups -OCH3 is 2. The quantitative estimate of drug-likeness (QED) is 0.659. The highest BCUT2D eigenvalue weighted by Gasteiger charge is 2.32. The Bertz CT molecular complexity index is 1130. The highest BCUT2D eigenvalue weighted by atomic mass is 16.5. The molecule has 1 saturated heterocycles. The number of carbonyl (C=O) groups is 1. The van der Waals surface area contributed by atoms with E-state index >= 15 is 0 Å². The molecule has 3 aromatic rings. The van der Waals surface area contributed by atoms with E-state index in [4.69, 9.17) is 9.47 Å². The molecule has 1 aliphatic rings. The molecule has 1 N–H and O–H groups in total. The van der Waals surface area contributed by atoms with Gasteiger partial charge in [-0.25, -0.2) is 9.97 Å². The van der Waals surface area contributed by atoms with Crippen molar-refractivity contribution in [3.8, 4) is 22.9 Å². The summed E-state index contributed by atoms with van der Waals surface area (Å²) in [5.41, 5.74) is 1.73. The molecule has 1 aromatic carbocycles. The zero-order valence-electron chi connectivity index (χ0n) is 17.5. The molecule has 2 aromatic heterocycles. The third-order valence-corrected chi connectivity index (χ3v) is 5.40. The molecule has 160 valence electrons. The van der Waals surface area contributed by atoms with Crippen LogP contribution < -0.4 is 15.0 Å². The van der Waals surface area contributed by atoms with Crippen molar-refractivity contribution in [2.45, 2.75) is 25.3 Å². The molecular formula is C23H24N4O4. The third-order valence-electron chi connectivity index (χ3n) is 5.40. The number of amides is 1. The summed E-state index contributed by atoms with van der Waals surface area (Å²) >= 11 is 0. The Morgan fingerprint density at radius 3 is 2.74 bits per heavy atom. The number of aromatic nitrogens is 3. The van der Waals surface area contributed by atoms with E-state index in [1.807, 2.05) is 24.3 Å². The van der Waals surface area contributed by atoms with Crippen molar-refractivity contribution < 1.29 is 14.3 Å². The predicted molar refractivity (Wildman–Crippen MR) is 115 cm³/mol. The normalized spacial score (nSPS) is 15.7. The van der Waals surface area contributed by atoms with Gasteiger partial charge in [0, 0.05) is 18.8 Å². The second-order valence-corrected chi connectivity index (χ2v) is 7.35. The van der Waals surface area contributed by atoms with Gasteiger partial charge in [-0.2, -0.15) is 0 Å². The Balaban J connectivity index is 1.60. The molecule has 0 spiro atoms. The van der Waals surface area contributed by atoms with Crippen LogP contribution in [0.1, 0.15) is 30.3 Å². The molecule has 0 saturated carbocycles. The first-order chi connectivity index (χ1) is 15.1. The van der Waals surface area contributed by atoms with Crippen LogP contribution in [0, 0.1) is 0 Å². The van der Waals surface area contributed by atoms with Crippen LogP contribution in [-0.4, -0.2) is 46.5 Å². The van der Waals surface area contributed by atoms with Crippen LogP contribution in [0.25, 0.3) is 11.3 Å². The molecule has 1 fully saturated rings. The highest BCUT2D eigenvalue weighted by Crippen LogP contribution is 2.32. The summed E-state index contributed by atoms with van der Waals surface area (Å²) in [6, 6.07) is 12.2. The van der Waals surface area contributed by atoms with Crippen molar-refractivity contribution in [2.24, 2.45) is 0 Å². The minimum absolute atomic E-state index is 0.000299. The lowest BCUT2D eigenvalue weighted by Gasteiger charge is -2.24. The molecule has 0 aliphatic carbocycles.